The number of anilines is 1. The van der Waals surface area contributed by atoms with E-state index in [0.29, 0.717) is 13.0 Å². The van der Waals surface area contributed by atoms with Crippen LogP contribution in [-0.2, 0) is 14.3 Å². The van der Waals surface area contributed by atoms with Gasteiger partial charge in [0.25, 0.3) is 0 Å². The van der Waals surface area contributed by atoms with Crippen LogP contribution in [0.2, 0.25) is 0 Å². The third-order valence-corrected chi connectivity index (χ3v) is 5.95. The van der Waals surface area contributed by atoms with Gasteiger partial charge in [0.2, 0.25) is 0 Å². The Morgan fingerprint density at radius 3 is 2.67 bits per heavy atom. The number of hydrogen-bond acceptors (Lipinski definition) is 6. The molecule has 27 heavy (non-hydrogen) atoms. The quantitative estimate of drug-likeness (QED) is 0.718. The number of para-hydroxylation sites is 1. The summed E-state index contributed by atoms with van der Waals surface area (Å²) in [6, 6.07) is 7.79. The molecule has 1 fully saturated rings. The zero-order valence-electron chi connectivity index (χ0n) is 16.4. The number of ether oxygens (including phenoxy) is 2. The van der Waals surface area contributed by atoms with E-state index < -0.39 is 17.7 Å². The molecule has 2 atom stereocenters. The number of hydrogen-bond donors (Lipinski definition) is 0. The molecule has 0 N–H and O–H groups in total. The van der Waals surface area contributed by atoms with E-state index in [0.717, 1.165) is 18.7 Å². The number of esters is 1. The van der Waals surface area contributed by atoms with Gasteiger partial charge in [-0.15, -0.1) is 11.8 Å². The molecule has 0 bridgehead atoms. The van der Waals surface area contributed by atoms with E-state index in [1.807, 2.05) is 44.7 Å². The maximum absolute atomic E-state index is 12.7. The molecule has 1 amide bonds. The Kier molecular flexibility index (Phi) is 5.89. The van der Waals surface area contributed by atoms with Crippen LogP contribution in [-0.4, -0.2) is 60.6 Å². The smallest absolute Gasteiger partial charge is 0.411 e. The molecule has 3 rings (SSSR count). The van der Waals surface area contributed by atoms with Crippen LogP contribution in [0.15, 0.2) is 29.2 Å². The third kappa shape index (κ3) is 4.51. The van der Waals surface area contributed by atoms with Crippen LogP contribution in [0.1, 0.15) is 33.6 Å². The number of likely N-dealkylation sites (tertiary alicyclic amines) is 1. The van der Waals surface area contributed by atoms with Crippen LogP contribution in [0.4, 0.5) is 10.5 Å². The second-order valence-electron chi connectivity index (χ2n) is 7.92. The number of thioether (sulfide) groups is 1. The Morgan fingerprint density at radius 2 is 1.96 bits per heavy atom. The lowest BCUT2D eigenvalue weighted by Gasteiger charge is -2.31. The van der Waals surface area contributed by atoms with Crippen molar-refractivity contribution in [3.63, 3.8) is 0 Å². The molecule has 6 nitrogen and oxygen atoms in total. The van der Waals surface area contributed by atoms with Crippen molar-refractivity contribution < 1.29 is 19.1 Å². The van der Waals surface area contributed by atoms with Crippen molar-refractivity contribution in [1.29, 1.82) is 0 Å². The zero-order valence-corrected chi connectivity index (χ0v) is 17.3. The number of amides is 1. The van der Waals surface area contributed by atoms with E-state index in [1.54, 1.807) is 0 Å². The topological polar surface area (TPSA) is 59.1 Å². The highest BCUT2D eigenvalue weighted by Gasteiger charge is 2.44. The van der Waals surface area contributed by atoms with E-state index in [4.69, 9.17) is 9.47 Å². The van der Waals surface area contributed by atoms with Gasteiger partial charge < -0.3 is 14.4 Å². The molecule has 1 aromatic rings. The zero-order chi connectivity index (χ0) is 19.6. The fourth-order valence-corrected chi connectivity index (χ4v) is 4.66. The van der Waals surface area contributed by atoms with Gasteiger partial charge in [0.1, 0.15) is 11.6 Å². The summed E-state index contributed by atoms with van der Waals surface area (Å²) >= 11 is 1.86. The minimum Gasteiger partial charge on any atom is -0.467 e. The lowest BCUT2D eigenvalue weighted by molar-refractivity contribution is -0.145. The van der Waals surface area contributed by atoms with Crippen molar-refractivity contribution in [2.45, 2.75) is 56.2 Å². The van der Waals surface area contributed by atoms with Gasteiger partial charge in [-0.25, -0.2) is 9.59 Å². The number of carbonyl (C=O) groups excluding carboxylic acids is 2. The summed E-state index contributed by atoms with van der Waals surface area (Å²) in [5.74, 6) is 0.678. The van der Waals surface area contributed by atoms with E-state index >= 15 is 0 Å². The second kappa shape index (κ2) is 8.00. The monoisotopic (exact) mass is 392 g/mol. The highest BCUT2D eigenvalue weighted by Crippen LogP contribution is 2.37. The van der Waals surface area contributed by atoms with Gasteiger partial charge in [0, 0.05) is 30.4 Å². The molecule has 2 unspecified atom stereocenters. The summed E-state index contributed by atoms with van der Waals surface area (Å²) in [6.45, 7) is 6.84. The Morgan fingerprint density at radius 1 is 1.22 bits per heavy atom. The minimum atomic E-state index is -0.613. The van der Waals surface area contributed by atoms with Crippen molar-refractivity contribution in [2.75, 3.05) is 30.9 Å². The van der Waals surface area contributed by atoms with Gasteiger partial charge in [-0.2, -0.15) is 0 Å². The van der Waals surface area contributed by atoms with Crippen molar-refractivity contribution in [3.05, 3.63) is 24.3 Å². The SMILES string of the molecule is COC(=O)C1CC(N2CCCSc3ccccc32)CN1C(=O)OC(C)(C)C. The molecule has 148 valence electrons. The van der Waals surface area contributed by atoms with Gasteiger partial charge in [0.15, 0.2) is 0 Å². The first-order chi connectivity index (χ1) is 12.8. The number of nitrogens with zero attached hydrogens (tertiary/aromatic N) is 2. The largest absolute Gasteiger partial charge is 0.467 e. The van der Waals surface area contributed by atoms with Crippen LogP contribution >= 0.6 is 11.8 Å². The second-order valence-corrected chi connectivity index (χ2v) is 9.06. The van der Waals surface area contributed by atoms with E-state index in [1.165, 1.54) is 22.6 Å². The lowest BCUT2D eigenvalue weighted by Crippen LogP contribution is -2.44. The average molecular weight is 393 g/mol. The number of benzene rings is 1. The number of carbonyl (C=O) groups is 2. The molecule has 1 aromatic carbocycles. The first kappa shape index (κ1) is 19.9. The highest BCUT2D eigenvalue weighted by atomic mass is 32.2. The summed E-state index contributed by atoms with van der Waals surface area (Å²) in [4.78, 5) is 30.2. The molecule has 2 heterocycles. The lowest BCUT2D eigenvalue weighted by atomic mass is 10.1. The molecule has 0 aromatic heterocycles. The highest BCUT2D eigenvalue weighted by molar-refractivity contribution is 7.99. The Hall–Kier alpha value is -1.89. The summed E-state index contributed by atoms with van der Waals surface area (Å²) in [5.41, 5.74) is 0.571. The van der Waals surface area contributed by atoms with Gasteiger partial charge >= 0.3 is 12.1 Å². The van der Waals surface area contributed by atoms with Crippen molar-refractivity contribution in [2.24, 2.45) is 0 Å². The number of fused-ring (bicyclic) bond motifs is 1. The predicted molar refractivity (Wildman–Crippen MR) is 106 cm³/mol. The molecule has 2 aliphatic heterocycles. The van der Waals surface area contributed by atoms with Crippen molar-refractivity contribution >= 4 is 29.5 Å². The van der Waals surface area contributed by atoms with E-state index in [9.17, 15) is 9.59 Å². The van der Waals surface area contributed by atoms with Crippen LogP contribution in [0, 0.1) is 0 Å². The predicted octanol–water partition coefficient (Wildman–Crippen LogP) is 3.54. The molecule has 2 aliphatic rings. The van der Waals surface area contributed by atoms with E-state index in [2.05, 4.69) is 17.0 Å². The Balaban J connectivity index is 1.85. The summed E-state index contributed by atoms with van der Waals surface area (Å²) in [6.07, 6.45) is 1.15. The first-order valence-electron chi connectivity index (χ1n) is 9.36. The third-order valence-electron chi connectivity index (χ3n) is 4.80. The summed E-state index contributed by atoms with van der Waals surface area (Å²) in [7, 11) is 1.36. The Labute approximate surface area is 165 Å². The molecule has 7 heteroatoms. The van der Waals surface area contributed by atoms with E-state index in [-0.39, 0.29) is 12.0 Å². The normalized spacial score (nSPS) is 22.8. The molecular formula is C20H28N2O4S. The fourth-order valence-electron chi connectivity index (χ4n) is 3.65. The molecular weight excluding hydrogens is 364 g/mol. The number of methoxy groups -OCH3 is 1. The maximum atomic E-state index is 12.7. The Bertz CT molecular complexity index is 703. The number of rotatable bonds is 2. The molecule has 0 radical (unpaired) electrons. The fraction of sp³-hybridized carbons (Fsp3) is 0.600. The van der Waals surface area contributed by atoms with Gasteiger partial charge in [-0.3, -0.25) is 4.90 Å². The van der Waals surface area contributed by atoms with Crippen LogP contribution < -0.4 is 4.90 Å². The van der Waals surface area contributed by atoms with Gasteiger partial charge in [0.05, 0.1) is 12.8 Å². The molecule has 0 aliphatic carbocycles. The standard InChI is InChI=1S/C20H28N2O4S/c1-20(2,3)26-19(24)22-13-14(12-16(22)18(23)25-4)21-10-7-11-27-17-9-6-5-8-15(17)21/h5-6,8-9,14,16H,7,10-13H2,1-4H3. The van der Waals surface area contributed by atoms with Crippen molar-refractivity contribution in [3.8, 4) is 0 Å². The average Bonchev–Trinajstić information content (AvgIpc) is 2.94. The van der Waals surface area contributed by atoms with Gasteiger partial charge in [-0.1, -0.05) is 12.1 Å². The van der Waals surface area contributed by atoms with Crippen LogP contribution in [0.5, 0.6) is 0 Å². The molecule has 0 spiro atoms. The molecule has 1 saturated heterocycles. The molecule has 0 saturated carbocycles. The summed E-state index contributed by atoms with van der Waals surface area (Å²) < 4.78 is 10.5. The van der Waals surface area contributed by atoms with Gasteiger partial charge in [-0.05, 0) is 45.1 Å². The minimum absolute atomic E-state index is 0.0569. The van der Waals surface area contributed by atoms with Crippen LogP contribution in [0.25, 0.3) is 0 Å². The first-order valence-corrected chi connectivity index (χ1v) is 10.3. The summed E-state index contributed by atoms with van der Waals surface area (Å²) in [5, 5.41) is 0. The van der Waals surface area contributed by atoms with Crippen molar-refractivity contribution in [1.82, 2.24) is 4.90 Å². The maximum Gasteiger partial charge on any atom is 0.411 e. The van der Waals surface area contributed by atoms with Crippen LogP contribution in [0.3, 0.4) is 0 Å².